The normalized spacial score (nSPS) is 10.3. The molecule has 0 unspecified atom stereocenters. The van der Waals surface area contributed by atoms with Gasteiger partial charge < -0.3 is 14.8 Å². The Morgan fingerprint density at radius 3 is 2.30 bits per heavy atom. The predicted octanol–water partition coefficient (Wildman–Crippen LogP) is 3.22. The van der Waals surface area contributed by atoms with Crippen molar-refractivity contribution in [3.8, 4) is 11.5 Å². The van der Waals surface area contributed by atoms with Crippen LogP contribution in [0.25, 0.3) is 0 Å². The molecule has 138 valence electrons. The van der Waals surface area contributed by atoms with Crippen LogP contribution in [0.4, 0.5) is 5.69 Å². The van der Waals surface area contributed by atoms with E-state index in [4.69, 9.17) is 9.47 Å². The Balaban J connectivity index is 1.61. The molecule has 5 nitrogen and oxygen atoms in total. The molecule has 0 aliphatic heterocycles. The van der Waals surface area contributed by atoms with Gasteiger partial charge in [0, 0.05) is 18.2 Å². The number of aromatic nitrogens is 1. The number of anilines is 1. The summed E-state index contributed by atoms with van der Waals surface area (Å²) in [5.74, 6) is 1.11. The molecule has 1 aromatic heterocycles. The molecule has 0 saturated heterocycles. The molecule has 0 aliphatic carbocycles. The number of amides is 1. The summed E-state index contributed by atoms with van der Waals surface area (Å²) in [5.41, 5.74) is 3.08. The van der Waals surface area contributed by atoms with Crippen molar-refractivity contribution < 1.29 is 18.8 Å². The molecular weight excluding hydrogens is 340 g/mol. The monoisotopic (exact) mass is 363 g/mol. The van der Waals surface area contributed by atoms with Gasteiger partial charge in [0.05, 0.1) is 19.9 Å². The van der Waals surface area contributed by atoms with Gasteiger partial charge >= 0.3 is 0 Å². The lowest BCUT2D eigenvalue weighted by Gasteiger charge is -2.10. The maximum absolute atomic E-state index is 12.4. The maximum atomic E-state index is 12.4. The fourth-order valence-corrected chi connectivity index (χ4v) is 2.80. The molecule has 2 aromatic carbocycles. The van der Waals surface area contributed by atoms with E-state index in [1.165, 1.54) is 11.1 Å². The van der Waals surface area contributed by atoms with Crippen LogP contribution in [0.3, 0.4) is 0 Å². The van der Waals surface area contributed by atoms with Gasteiger partial charge in [-0.15, -0.1) is 0 Å². The number of methoxy groups -OCH3 is 2. The van der Waals surface area contributed by atoms with Crippen LogP contribution < -0.4 is 19.4 Å². The van der Waals surface area contributed by atoms with Crippen molar-refractivity contribution in [2.24, 2.45) is 0 Å². The molecule has 0 atom stereocenters. The standard InChI is InChI=1S/C22H22N2O3/c1-26-19-8-9-20(21(15-19)27-2)23-22(25)16-24-12-10-18(11-13-24)14-17-6-4-3-5-7-17/h3-13,15H,14,16H2,1-2H3/p+1. The van der Waals surface area contributed by atoms with Crippen LogP contribution in [0.15, 0.2) is 73.1 Å². The highest BCUT2D eigenvalue weighted by atomic mass is 16.5. The number of benzene rings is 2. The number of rotatable bonds is 7. The summed E-state index contributed by atoms with van der Waals surface area (Å²) in [7, 11) is 3.15. The van der Waals surface area contributed by atoms with Crippen LogP contribution in [0.2, 0.25) is 0 Å². The molecular formula is C22H23N2O3+. The number of carbonyl (C=O) groups is 1. The second-order valence-electron chi connectivity index (χ2n) is 6.16. The Bertz CT molecular complexity index is 893. The van der Waals surface area contributed by atoms with Crippen LogP contribution in [0, 0.1) is 0 Å². The fourth-order valence-electron chi connectivity index (χ4n) is 2.80. The summed E-state index contributed by atoms with van der Waals surface area (Å²) < 4.78 is 12.3. The Kier molecular flexibility index (Phi) is 6.05. The number of nitrogens with zero attached hydrogens (tertiary/aromatic N) is 1. The molecule has 3 rings (SSSR count). The van der Waals surface area contributed by atoms with E-state index >= 15 is 0 Å². The van der Waals surface area contributed by atoms with Crippen molar-refractivity contribution in [2.75, 3.05) is 19.5 Å². The topological polar surface area (TPSA) is 51.4 Å². The summed E-state index contributed by atoms with van der Waals surface area (Å²) in [5, 5.41) is 2.88. The van der Waals surface area contributed by atoms with Gasteiger partial charge in [-0.05, 0) is 29.7 Å². The zero-order valence-corrected chi connectivity index (χ0v) is 15.5. The Labute approximate surface area is 159 Å². The van der Waals surface area contributed by atoms with Crippen LogP contribution in [-0.4, -0.2) is 20.1 Å². The fraction of sp³-hybridized carbons (Fsp3) is 0.182. The molecule has 1 heterocycles. The molecule has 3 aromatic rings. The minimum Gasteiger partial charge on any atom is -0.497 e. The average molecular weight is 363 g/mol. The van der Waals surface area contributed by atoms with Gasteiger partial charge in [-0.25, -0.2) is 0 Å². The van der Waals surface area contributed by atoms with E-state index in [1.54, 1.807) is 32.4 Å². The smallest absolute Gasteiger partial charge is 0.290 e. The van der Waals surface area contributed by atoms with Gasteiger partial charge in [0.15, 0.2) is 12.4 Å². The summed E-state index contributed by atoms with van der Waals surface area (Å²) in [6.45, 7) is 0.223. The quantitative estimate of drug-likeness (QED) is 0.656. The van der Waals surface area contributed by atoms with Crippen molar-refractivity contribution in [3.63, 3.8) is 0 Å². The van der Waals surface area contributed by atoms with Gasteiger partial charge in [-0.2, -0.15) is 4.57 Å². The van der Waals surface area contributed by atoms with E-state index in [1.807, 2.05) is 47.3 Å². The van der Waals surface area contributed by atoms with Crippen molar-refractivity contribution in [2.45, 2.75) is 13.0 Å². The van der Waals surface area contributed by atoms with Crippen LogP contribution in [0.1, 0.15) is 11.1 Å². The van der Waals surface area contributed by atoms with E-state index < -0.39 is 0 Å². The third-order valence-electron chi connectivity index (χ3n) is 4.22. The molecule has 27 heavy (non-hydrogen) atoms. The second-order valence-corrected chi connectivity index (χ2v) is 6.16. The van der Waals surface area contributed by atoms with Crippen molar-refractivity contribution in [1.29, 1.82) is 0 Å². The summed E-state index contributed by atoms with van der Waals surface area (Å²) in [6, 6.07) is 19.7. The molecule has 0 radical (unpaired) electrons. The lowest BCUT2D eigenvalue weighted by atomic mass is 10.1. The first kappa shape index (κ1) is 18.5. The SMILES string of the molecule is COc1ccc(NC(=O)C[n+]2ccc(Cc3ccccc3)cc2)c(OC)c1. The van der Waals surface area contributed by atoms with Gasteiger partial charge in [0.1, 0.15) is 11.5 Å². The summed E-state index contributed by atoms with van der Waals surface area (Å²) >= 11 is 0. The maximum Gasteiger partial charge on any atom is 0.290 e. The number of pyridine rings is 1. The van der Waals surface area contributed by atoms with E-state index in [9.17, 15) is 4.79 Å². The van der Waals surface area contributed by atoms with E-state index in [0.717, 1.165) is 6.42 Å². The van der Waals surface area contributed by atoms with Crippen molar-refractivity contribution in [3.05, 3.63) is 84.2 Å². The highest BCUT2D eigenvalue weighted by Gasteiger charge is 2.13. The lowest BCUT2D eigenvalue weighted by Crippen LogP contribution is -2.39. The van der Waals surface area contributed by atoms with Crippen LogP contribution in [0.5, 0.6) is 11.5 Å². The van der Waals surface area contributed by atoms with Gasteiger partial charge in [-0.3, -0.25) is 4.79 Å². The van der Waals surface area contributed by atoms with Crippen molar-refractivity contribution >= 4 is 11.6 Å². The van der Waals surface area contributed by atoms with E-state index in [-0.39, 0.29) is 12.5 Å². The number of hydrogen-bond donors (Lipinski definition) is 1. The molecule has 0 bridgehead atoms. The second kappa shape index (κ2) is 8.85. The van der Waals surface area contributed by atoms with Gasteiger partial charge in [0.25, 0.3) is 5.91 Å². The molecule has 0 fully saturated rings. The first-order chi connectivity index (χ1) is 13.2. The molecule has 1 N–H and O–H groups in total. The lowest BCUT2D eigenvalue weighted by molar-refractivity contribution is -0.684. The van der Waals surface area contributed by atoms with E-state index in [2.05, 4.69) is 17.4 Å². The molecule has 0 spiro atoms. The predicted molar refractivity (Wildman–Crippen MR) is 104 cm³/mol. The minimum absolute atomic E-state index is 0.126. The first-order valence-electron chi connectivity index (χ1n) is 8.71. The molecule has 0 aliphatic rings. The zero-order chi connectivity index (χ0) is 19.1. The average Bonchev–Trinajstić information content (AvgIpc) is 2.70. The highest BCUT2D eigenvalue weighted by Crippen LogP contribution is 2.28. The minimum atomic E-state index is -0.126. The Hall–Kier alpha value is -3.34. The first-order valence-corrected chi connectivity index (χ1v) is 8.71. The van der Waals surface area contributed by atoms with Crippen LogP contribution in [-0.2, 0) is 17.8 Å². The van der Waals surface area contributed by atoms with Crippen LogP contribution >= 0.6 is 0 Å². The number of ether oxygens (including phenoxy) is 2. The van der Waals surface area contributed by atoms with Crippen molar-refractivity contribution in [1.82, 2.24) is 0 Å². The molecule has 5 heteroatoms. The summed E-state index contributed by atoms with van der Waals surface area (Å²) in [6.07, 6.45) is 4.71. The van der Waals surface area contributed by atoms with E-state index in [0.29, 0.717) is 17.2 Å². The highest BCUT2D eigenvalue weighted by molar-refractivity contribution is 5.91. The zero-order valence-electron chi connectivity index (χ0n) is 15.5. The van der Waals surface area contributed by atoms with Gasteiger partial charge in [0.2, 0.25) is 6.54 Å². The Morgan fingerprint density at radius 1 is 0.926 bits per heavy atom. The third-order valence-corrected chi connectivity index (χ3v) is 4.22. The molecule has 1 amide bonds. The van der Waals surface area contributed by atoms with Gasteiger partial charge in [-0.1, -0.05) is 30.3 Å². The number of hydrogen-bond acceptors (Lipinski definition) is 3. The molecule has 0 saturated carbocycles. The number of carbonyl (C=O) groups excluding carboxylic acids is 1. The summed E-state index contributed by atoms with van der Waals surface area (Å²) in [4.78, 5) is 12.4. The number of nitrogens with one attached hydrogen (secondary N) is 1. The Morgan fingerprint density at radius 2 is 1.63 bits per heavy atom. The largest absolute Gasteiger partial charge is 0.497 e. The third kappa shape index (κ3) is 5.07.